The van der Waals surface area contributed by atoms with E-state index in [2.05, 4.69) is 15.6 Å². The molecular formula is C21H28N4O3S. The zero-order valence-electron chi connectivity index (χ0n) is 17.1. The molecule has 29 heavy (non-hydrogen) atoms. The summed E-state index contributed by atoms with van der Waals surface area (Å²) in [6, 6.07) is 12.3. The van der Waals surface area contributed by atoms with Crippen molar-refractivity contribution in [3.8, 4) is 5.75 Å². The molecule has 1 aromatic carbocycles. The third-order valence-electron chi connectivity index (χ3n) is 4.11. The van der Waals surface area contributed by atoms with Crippen molar-refractivity contribution in [2.45, 2.75) is 19.0 Å². The Morgan fingerprint density at radius 2 is 1.93 bits per heavy atom. The fraction of sp³-hybridized carbons (Fsp3) is 0.381. The van der Waals surface area contributed by atoms with Crippen LogP contribution in [0, 0.1) is 0 Å². The summed E-state index contributed by atoms with van der Waals surface area (Å²) in [7, 11) is 3.84. The number of benzene rings is 1. The van der Waals surface area contributed by atoms with Gasteiger partial charge in [0.1, 0.15) is 17.6 Å². The van der Waals surface area contributed by atoms with Gasteiger partial charge in [0, 0.05) is 26.8 Å². The van der Waals surface area contributed by atoms with E-state index in [0.29, 0.717) is 18.7 Å². The van der Waals surface area contributed by atoms with E-state index >= 15 is 0 Å². The first-order valence-corrected chi connectivity index (χ1v) is 10.7. The molecule has 156 valence electrons. The lowest BCUT2D eigenvalue weighted by Gasteiger charge is -2.18. The molecule has 0 saturated carbocycles. The average molecular weight is 417 g/mol. The molecule has 0 aliphatic heterocycles. The van der Waals surface area contributed by atoms with Crippen LogP contribution in [0.25, 0.3) is 0 Å². The van der Waals surface area contributed by atoms with Gasteiger partial charge >= 0.3 is 0 Å². The number of pyridine rings is 1. The van der Waals surface area contributed by atoms with E-state index in [1.807, 2.05) is 55.6 Å². The van der Waals surface area contributed by atoms with E-state index < -0.39 is 6.04 Å². The molecule has 8 heteroatoms. The number of ether oxygens (including phenoxy) is 1. The summed E-state index contributed by atoms with van der Waals surface area (Å²) in [5.41, 5.74) is 0.895. The number of hydrogen-bond acceptors (Lipinski definition) is 6. The van der Waals surface area contributed by atoms with Crippen molar-refractivity contribution < 1.29 is 14.3 Å². The SMILES string of the molecule is CSCCC(NC(=O)COc1ccccc1)C(=O)NCc1ccc(N(C)C)nc1. The summed E-state index contributed by atoms with van der Waals surface area (Å²) in [4.78, 5) is 31.1. The number of anilines is 1. The standard InChI is InChI=1S/C21H28N4O3S/c1-25(2)19-10-9-16(13-22-19)14-23-21(27)18(11-12-29-3)24-20(26)15-28-17-7-5-4-6-8-17/h4-10,13,18H,11-12,14-15H2,1-3H3,(H,23,27)(H,24,26). The molecule has 2 rings (SSSR count). The molecule has 2 N–H and O–H groups in total. The van der Waals surface area contributed by atoms with Crippen molar-refractivity contribution in [2.75, 3.05) is 37.6 Å². The third kappa shape index (κ3) is 8.03. The predicted octanol–water partition coefficient (Wildman–Crippen LogP) is 2.08. The molecule has 0 fully saturated rings. The Bertz CT molecular complexity index is 769. The number of para-hydroxylation sites is 1. The molecule has 2 amide bonds. The monoisotopic (exact) mass is 416 g/mol. The number of hydrogen-bond donors (Lipinski definition) is 2. The van der Waals surface area contributed by atoms with Crippen LogP contribution in [-0.2, 0) is 16.1 Å². The summed E-state index contributed by atoms with van der Waals surface area (Å²) >= 11 is 1.63. The molecule has 0 saturated heterocycles. The quantitative estimate of drug-likeness (QED) is 0.584. The van der Waals surface area contributed by atoms with Crippen LogP contribution < -0.4 is 20.3 Å². The maximum Gasteiger partial charge on any atom is 0.258 e. The minimum Gasteiger partial charge on any atom is -0.484 e. The summed E-state index contributed by atoms with van der Waals surface area (Å²) in [6.45, 7) is 0.217. The molecule has 1 atom stereocenters. The van der Waals surface area contributed by atoms with Gasteiger partial charge in [-0.2, -0.15) is 11.8 Å². The zero-order valence-corrected chi connectivity index (χ0v) is 17.9. The van der Waals surface area contributed by atoms with Gasteiger partial charge in [-0.3, -0.25) is 9.59 Å². The van der Waals surface area contributed by atoms with Gasteiger partial charge in [0.2, 0.25) is 5.91 Å². The number of amides is 2. The second kappa shape index (κ2) is 12.0. The summed E-state index contributed by atoms with van der Waals surface area (Å²) < 4.78 is 5.45. The minimum atomic E-state index is -0.608. The van der Waals surface area contributed by atoms with Gasteiger partial charge in [-0.25, -0.2) is 4.98 Å². The van der Waals surface area contributed by atoms with Crippen molar-refractivity contribution in [2.24, 2.45) is 0 Å². The van der Waals surface area contributed by atoms with E-state index in [-0.39, 0.29) is 18.4 Å². The van der Waals surface area contributed by atoms with Crippen LogP contribution in [0.1, 0.15) is 12.0 Å². The normalized spacial score (nSPS) is 11.4. The number of rotatable bonds is 11. The van der Waals surface area contributed by atoms with E-state index in [4.69, 9.17) is 4.74 Å². The predicted molar refractivity (Wildman–Crippen MR) is 117 cm³/mol. The van der Waals surface area contributed by atoms with Crippen molar-refractivity contribution in [3.63, 3.8) is 0 Å². The van der Waals surface area contributed by atoms with Gasteiger partial charge in [-0.15, -0.1) is 0 Å². The van der Waals surface area contributed by atoms with Crippen molar-refractivity contribution >= 4 is 29.4 Å². The van der Waals surface area contributed by atoms with Gasteiger partial charge in [0.05, 0.1) is 0 Å². The first kappa shape index (κ1) is 22.5. The molecule has 2 aromatic rings. The third-order valence-corrected chi connectivity index (χ3v) is 4.75. The molecule has 7 nitrogen and oxygen atoms in total. The minimum absolute atomic E-state index is 0.136. The maximum absolute atomic E-state index is 12.6. The van der Waals surface area contributed by atoms with E-state index in [1.165, 1.54) is 0 Å². The molecule has 0 spiro atoms. The fourth-order valence-corrected chi connectivity index (χ4v) is 2.98. The van der Waals surface area contributed by atoms with Crippen LogP contribution in [0.4, 0.5) is 5.82 Å². The molecule has 1 aromatic heterocycles. The first-order valence-electron chi connectivity index (χ1n) is 9.35. The molecular weight excluding hydrogens is 388 g/mol. The van der Waals surface area contributed by atoms with Gasteiger partial charge < -0.3 is 20.3 Å². The lowest BCUT2D eigenvalue weighted by molar-refractivity contribution is -0.130. The lowest BCUT2D eigenvalue weighted by Crippen LogP contribution is -2.48. The summed E-state index contributed by atoms with van der Waals surface area (Å²) in [6.07, 6.45) is 4.24. The van der Waals surface area contributed by atoms with Crippen LogP contribution in [0.2, 0.25) is 0 Å². The average Bonchev–Trinajstić information content (AvgIpc) is 2.74. The van der Waals surface area contributed by atoms with Gasteiger partial charge in [0.25, 0.3) is 5.91 Å². The Morgan fingerprint density at radius 1 is 1.17 bits per heavy atom. The van der Waals surface area contributed by atoms with Crippen LogP contribution in [0.5, 0.6) is 5.75 Å². The summed E-state index contributed by atoms with van der Waals surface area (Å²) in [5.74, 6) is 1.68. The van der Waals surface area contributed by atoms with Crippen LogP contribution in [-0.4, -0.2) is 55.6 Å². The van der Waals surface area contributed by atoms with Crippen LogP contribution >= 0.6 is 11.8 Å². The molecule has 1 heterocycles. The second-order valence-corrected chi connectivity index (χ2v) is 7.63. The number of carbonyl (C=O) groups is 2. The van der Waals surface area contributed by atoms with E-state index in [1.54, 1.807) is 30.1 Å². The Hall–Kier alpha value is -2.74. The number of thioether (sulfide) groups is 1. The van der Waals surface area contributed by atoms with Crippen molar-refractivity contribution in [3.05, 3.63) is 54.2 Å². The highest BCUT2D eigenvalue weighted by atomic mass is 32.2. The fourth-order valence-electron chi connectivity index (χ4n) is 2.50. The molecule has 0 bridgehead atoms. The molecule has 0 aliphatic carbocycles. The smallest absolute Gasteiger partial charge is 0.258 e. The molecule has 0 radical (unpaired) electrons. The van der Waals surface area contributed by atoms with E-state index in [0.717, 1.165) is 17.1 Å². The van der Waals surface area contributed by atoms with Gasteiger partial charge in [-0.05, 0) is 42.2 Å². The largest absolute Gasteiger partial charge is 0.484 e. The first-order chi connectivity index (χ1) is 14.0. The topological polar surface area (TPSA) is 83.6 Å². The second-order valence-electron chi connectivity index (χ2n) is 6.64. The van der Waals surface area contributed by atoms with E-state index in [9.17, 15) is 9.59 Å². The number of nitrogens with one attached hydrogen (secondary N) is 2. The maximum atomic E-state index is 12.6. The highest BCUT2D eigenvalue weighted by Crippen LogP contribution is 2.09. The number of nitrogens with zero attached hydrogens (tertiary/aromatic N) is 2. The van der Waals surface area contributed by atoms with Gasteiger partial charge in [0.15, 0.2) is 6.61 Å². The van der Waals surface area contributed by atoms with Gasteiger partial charge in [-0.1, -0.05) is 24.3 Å². The zero-order chi connectivity index (χ0) is 21.1. The van der Waals surface area contributed by atoms with Crippen molar-refractivity contribution in [1.29, 1.82) is 0 Å². The number of carbonyl (C=O) groups excluding carboxylic acids is 2. The van der Waals surface area contributed by atoms with Crippen LogP contribution in [0.3, 0.4) is 0 Å². The highest BCUT2D eigenvalue weighted by Gasteiger charge is 2.20. The Morgan fingerprint density at radius 3 is 2.55 bits per heavy atom. The Labute approximate surface area is 176 Å². The molecule has 1 unspecified atom stereocenters. The Kier molecular flexibility index (Phi) is 9.30. The molecule has 0 aliphatic rings. The summed E-state index contributed by atoms with van der Waals surface area (Å²) in [5, 5.41) is 5.65. The number of aromatic nitrogens is 1. The van der Waals surface area contributed by atoms with Crippen LogP contribution in [0.15, 0.2) is 48.7 Å². The lowest BCUT2D eigenvalue weighted by atomic mass is 10.2. The Balaban J connectivity index is 1.86. The highest BCUT2D eigenvalue weighted by molar-refractivity contribution is 7.98. The van der Waals surface area contributed by atoms with Crippen molar-refractivity contribution in [1.82, 2.24) is 15.6 Å².